The molecule has 2 aromatic heterocycles. The number of hydrogen-bond donors (Lipinski definition) is 0. The first kappa shape index (κ1) is 16.7. The number of nitrogens with zero attached hydrogens (tertiary/aromatic N) is 6. The SMILES string of the molecule is Cn1cnnc1CC1CCN(c2ccnc(Cc3ccccc3)n2)CC1. The average molecular weight is 348 g/mol. The van der Waals surface area contributed by atoms with Gasteiger partial charge >= 0.3 is 0 Å². The van der Waals surface area contributed by atoms with Gasteiger partial charge in [0, 0.05) is 39.2 Å². The quantitative estimate of drug-likeness (QED) is 0.709. The maximum absolute atomic E-state index is 4.79. The summed E-state index contributed by atoms with van der Waals surface area (Å²) >= 11 is 0. The van der Waals surface area contributed by atoms with Crippen molar-refractivity contribution in [2.75, 3.05) is 18.0 Å². The molecule has 0 radical (unpaired) electrons. The van der Waals surface area contributed by atoms with Gasteiger partial charge in [0.05, 0.1) is 0 Å². The van der Waals surface area contributed by atoms with E-state index >= 15 is 0 Å². The second kappa shape index (κ2) is 7.64. The van der Waals surface area contributed by atoms with Gasteiger partial charge in [-0.2, -0.15) is 0 Å². The number of rotatable bonds is 5. The van der Waals surface area contributed by atoms with Crippen LogP contribution in [0.25, 0.3) is 0 Å². The van der Waals surface area contributed by atoms with Gasteiger partial charge in [-0.15, -0.1) is 10.2 Å². The van der Waals surface area contributed by atoms with Crippen LogP contribution in [0.4, 0.5) is 5.82 Å². The van der Waals surface area contributed by atoms with Crippen molar-refractivity contribution >= 4 is 5.82 Å². The van der Waals surface area contributed by atoms with E-state index < -0.39 is 0 Å². The minimum atomic E-state index is 0.666. The number of hydrogen-bond acceptors (Lipinski definition) is 5. The molecule has 1 fully saturated rings. The molecule has 0 amide bonds. The summed E-state index contributed by atoms with van der Waals surface area (Å²) in [6.07, 6.45) is 7.76. The van der Waals surface area contributed by atoms with Crippen molar-refractivity contribution in [3.63, 3.8) is 0 Å². The third kappa shape index (κ3) is 3.90. The van der Waals surface area contributed by atoms with Gasteiger partial charge in [0.2, 0.25) is 0 Å². The highest BCUT2D eigenvalue weighted by Gasteiger charge is 2.22. The summed E-state index contributed by atoms with van der Waals surface area (Å²) in [4.78, 5) is 11.6. The zero-order valence-electron chi connectivity index (χ0n) is 15.1. The van der Waals surface area contributed by atoms with E-state index in [1.54, 1.807) is 6.33 Å². The third-order valence-electron chi connectivity index (χ3n) is 5.11. The van der Waals surface area contributed by atoms with E-state index in [2.05, 4.69) is 44.3 Å². The molecule has 0 saturated carbocycles. The van der Waals surface area contributed by atoms with Crippen molar-refractivity contribution in [1.82, 2.24) is 24.7 Å². The smallest absolute Gasteiger partial charge is 0.135 e. The van der Waals surface area contributed by atoms with Crippen LogP contribution in [0.15, 0.2) is 48.9 Å². The Bertz CT molecular complexity index is 836. The average Bonchev–Trinajstić information content (AvgIpc) is 3.08. The van der Waals surface area contributed by atoms with E-state index in [4.69, 9.17) is 4.98 Å². The molecule has 3 heterocycles. The summed E-state index contributed by atoms with van der Waals surface area (Å²) in [6, 6.07) is 12.4. The van der Waals surface area contributed by atoms with Crippen molar-refractivity contribution in [2.45, 2.75) is 25.7 Å². The highest BCUT2D eigenvalue weighted by Crippen LogP contribution is 2.24. The summed E-state index contributed by atoms with van der Waals surface area (Å²) in [5.41, 5.74) is 1.24. The maximum Gasteiger partial charge on any atom is 0.135 e. The van der Waals surface area contributed by atoms with Crippen molar-refractivity contribution < 1.29 is 0 Å². The van der Waals surface area contributed by atoms with E-state index in [0.29, 0.717) is 5.92 Å². The molecular formula is C20H24N6. The van der Waals surface area contributed by atoms with E-state index in [0.717, 1.165) is 56.2 Å². The normalized spacial score (nSPS) is 15.3. The molecule has 1 saturated heterocycles. The summed E-state index contributed by atoms with van der Waals surface area (Å²) in [7, 11) is 2.01. The lowest BCUT2D eigenvalue weighted by Crippen LogP contribution is -2.35. The molecule has 1 aromatic carbocycles. The number of piperidine rings is 1. The van der Waals surface area contributed by atoms with Gasteiger partial charge < -0.3 is 9.47 Å². The van der Waals surface area contributed by atoms with Crippen LogP contribution in [-0.2, 0) is 19.9 Å². The first-order chi connectivity index (χ1) is 12.8. The van der Waals surface area contributed by atoms with E-state index in [-0.39, 0.29) is 0 Å². The predicted octanol–water partition coefficient (Wildman–Crippen LogP) is 2.66. The van der Waals surface area contributed by atoms with Crippen LogP contribution in [0.3, 0.4) is 0 Å². The largest absolute Gasteiger partial charge is 0.356 e. The minimum absolute atomic E-state index is 0.666. The van der Waals surface area contributed by atoms with Crippen molar-refractivity contribution in [3.8, 4) is 0 Å². The Balaban J connectivity index is 1.37. The van der Waals surface area contributed by atoms with Gasteiger partial charge in [0.25, 0.3) is 0 Å². The summed E-state index contributed by atoms with van der Waals surface area (Å²) in [6.45, 7) is 2.06. The van der Waals surface area contributed by atoms with Crippen molar-refractivity contribution in [3.05, 3.63) is 66.1 Å². The standard InChI is InChI=1S/C20H24N6/c1-25-15-22-24-20(25)14-17-8-11-26(12-9-17)19-7-10-21-18(23-19)13-16-5-3-2-4-6-16/h2-7,10,15,17H,8-9,11-14H2,1H3. The monoisotopic (exact) mass is 348 g/mol. The van der Waals surface area contributed by atoms with Gasteiger partial charge in [0.1, 0.15) is 23.8 Å². The fraction of sp³-hybridized carbons (Fsp3) is 0.400. The summed E-state index contributed by atoms with van der Waals surface area (Å²) in [5, 5.41) is 8.20. The van der Waals surface area contributed by atoms with Gasteiger partial charge in [-0.05, 0) is 30.4 Å². The fourth-order valence-electron chi connectivity index (χ4n) is 3.54. The number of benzene rings is 1. The van der Waals surface area contributed by atoms with Crippen LogP contribution >= 0.6 is 0 Å². The third-order valence-corrected chi connectivity index (χ3v) is 5.11. The first-order valence-corrected chi connectivity index (χ1v) is 9.21. The Morgan fingerprint density at radius 2 is 1.88 bits per heavy atom. The molecule has 1 aliphatic rings. The van der Waals surface area contributed by atoms with Crippen LogP contribution in [0.2, 0.25) is 0 Å². The van der Waals surface area contributed by atoms with E-state index in [1.165, 1.54) is 5.56 Å². The van der Waals surface area contributed by atoms with Crippen LogP contribution in [-0.4, -0.2) is 37.8 Å². The molecule has 4 rings (SSSR count). The molecule has 0 spiro atoms. The second-order valence-electron chi connectivity index (χ2n) is 6.99. The van der Waals surface area contributed by atoms with Crippen LogP contribution < -0.4 is 4.90 Å². The minimum Gasteiger partial charge on any atom is -0.356 e. The lowest BCUT2D eigenvalue weighted by molar-refractivity contribution is 0.391. The van der Waals surface area contributed by atoms with Gasteiger partial charge in [-0.1, -0.05) is 30.3 Å². The van der Waals surface area contributed by atoms with Gasteiger partial charge in [-0.3, -0.25) is 0 Å². The van der Waals surface area contributed by atoms with E-state index in [1.807, 2.05) is 29.9 Å². The molecule has 0 N–H and O–H groups in total. The van der Waals surface area contributed by atoms with Crippen LogP contribution in [0, 0.1) is 5.92 Å². The number of anilines is 1. The molecule has 0 unspecified atom stereocenters. The Morgan fingerprint density at radius 1 is 1.08 bits per heavy atom. The van der Waals surface area contributed by atoms with Gasteiger partial charge in [-0.25, -0.2) is 9.97 Å². The maximum atomic E-state index is 4.79. The van der Waals surface area contributed by atoms with Crippen molar-refractivity contribution in [2.24, 2.45) is 13.0 Å². The zero-order chi connectivity index (χ0) is 17.8. The molecule has 3 aromatic rings. The predicted molar refractivity (Wildman–Crippen MR) is 101 cm³/mol. The Hall–Kier alpha value is -2.76. The highest BCUT2D eigenvalue weighted by molar-refractivity contribution is 5.38. The van der Waals surface area contributed by atoms with E-state index in [9.17, 15) is 0 Å². The molecule has 1 aliphatic heterocycles. The highest BCUT2D eigenvalue weighted by atomic mass is 15.2. The zero-order valence-corrected chi connectivity index (χ0v) is 15.1. The Kier molecular flexibility index (Phi) is 4.91. The summed E-state index contributed by atoms with van der Waals surface area (Å²) in [5.74, 6) is 3.67. The van der Waals surface area contributed by atoms with Crippen molar-refractivity contribution in [1.29, 1.82) is 0 Å². The fourth-order valence-corrected chi connectivity index (χ4v) is 3.54. The van der Waals surface area contributed by atoms with Gasteiger partial charge in [0.15, 0.2) is 0 Å². The number of aryl methyl sites for hydroxylation is 1. The summed E-state index contributed by atoms with van der Waals surface area (Å²) < 4.78 is 2.02. The first-order valence-electron chi connectivity index (χ1n) is 9.21. The second-order valence-corrected chi connectivity index (χ2v) is 6.99. The lowest BCUT2D eigenvalue weighted by Gasteiger charge is -2.32. The molecule has 6 heteroatoms. The molecular weight excluding hydrogens is 324 g/mol. The molecule has 0 atom stereocenters. The van der Waals surface area contributed by atoms with Crippen LogP contribution in [0.5, 0.6) is 0 Å². The molecule has 134 valence electrons. The topological polar surface area (TPSA) is 59.7 Å². The molecule has 0 bridgehead atoms. The Labute approximate surface area is 153 Å². The molecule has 0 aliphatic carbocycles. The molecule has 26 heavy (non-hydrogen) atoms. The number of aromatic nitrogens is 5. The Morgan fingerprint density at radius 3 is 2.62 bits per heavy atom. The molecule has 6 nitrogen and oxygen atoms in total. The van der Waals surface area contributed by atoms with Crippen LogP contribution in [0.1, 0.15) is 30.1 Å². The lowest BCUT2D eigenvalue weighted by atomic mass is 9.93.